The van der Waals surface area contributed by atoms with Crippen molar-refractivity contribution < 1.29 is 22.7 Å². The maximum absolute atomic E-state index is 12.7. The van der Waals surface area contributed by atoms with E-state index >= 15 is 0 Å². The SMILES string of the molecule is CCOc1ccc(NS(=O)(=O)c2ccc(OCC(=O)Nc3cccc(-c4nc(C)cc(=O)[nH]4)c3)cc2)cc1. The van der Waals surface area contributed by atoms with Crippen LogP contribution in [0, 0.1) is 6.92 Å². The van der Waals surface area contributed by atoms with Gasteiger partial charge in [0.05, 0.1) is 11.5 Å². The number of ether oxygens (including phenoxy) is 2. The fourth-order valence-electron chi connectivity index (χ4n) is 3.52. The Bertz CT molecular complexity index is 1580. The van der Waals surface area contributed by atoms with E-state index in [9.17, 15) is 18.0 Å². The van der Waals surface area contributed by atoms with Crippen LogP contribution in [-0.2, 0) is 14.8 Å². The van der Waals surface area contributed by atoms with Gasteiger partial charge in [0, 0.05) is 28.7 Å². The average molecular weight is 535 g/mol. The molecule has 0 saturated heterocycles. The molecule has 0 bridgehead atoms. The number of rotatable bonds is 10. The van der Waals surface area contributed by atoms with Gasteiger partial charge in [-0.05, 0) is 74.5 Å². The number of hydrogen-bond acceptors (Lipinski definition) is 7. The topological polar surface area (TPSA) is 139 Å². The Hall–Kier alpha value is -4.64. The van der Waals surface area contributed by atoms with Gasteiger partial charge in [-0.25, -0.2) is 13.4 Å². The second-order valence-corrected chi connectivity index (χ2v) is 9.87. The monoisotopic (exact) mass is 534 g/mol. The first-order valence-corrected chi connectivity index (χ1v) is 13.2. The van der Waals surface area contributed by atoms with E-state index in [1.807, 2.05) is 6.92 Å². The molecular weight excluding hydrogens is 508 g/mol. The van der Waals surface area contributed by atoms with Gasteiger partial charge in [-0.3, -0.25) is 14.3 Å². The molecule has 0 aliphatic carbocycles. The molecule has 0 aliphatic rings. The van der Waals surface area contributed by atoms with Gasteiger partial charge in [0.1, 0.15) is 17.3 Å². The highest BCUT2D eigenvalue weighted by atomic mass is 32.2. The zero-order valence-corrected chi connectivity index (χ0v) is 21.5. The van der Waals surface area contributed by atoms with E-state index in [0.29, 0.717) is 46.6 Å². The summed E-state index contributed by atoms with van der Waals surface area (Å²) >= 11 is 0. The summed E-state index contributed by atoms with van der Waals surface area (Å²) in [6.45, 7) is 3.82. The first-order valence-electron chi connectivity index (χ1n) is 11.7. The van der Waals surface area contributed by atoms with Gasteiger partial charge in [0.15, 0.2) is 6.61 Å². The summed E-state index contributed by atoms with van der Waals surface area (Å²) in [4.78, 5) is 31.2. The van der Waals surface area contributed by atoms with E-state index in [4.69, 9.17) is 9.47 Å². The maximum atomic E-state index is 12.7. The molecule has 0 aliphatic heterocycles. The highest BCUT2D eigenvalue weighted by Gasteiger charge is 2.15. The van der Waals surface area contributed by atoms with Crippen LogP contribution < -0.4 is 25.1 Å². The van der Waals surface area contributed by atoms with Crippen molar-refractivity contribution in [3.63, 3.8) is 0 Å². The number of carbonyl (C=O) groups is 1. The first-order chi connectivity index (χ1) is 18.2. The number of benzene rings is 3. The molecule has 0 atom stereocenters. The van der Waals surface area contributed by atoms with Gasteiger partial charge >= 0.3 is 0 Å². The van der Waals surface area contributed by atoms with Crippen LogP contribution in [0.3, 0.4) is 0 Å². The molecule has 10 nitrogen and oxygen atoms in total. The Morgan fingerprint density at radius 1 is 0.921 bits per heavy atom. The lowest BCUT2D eigenvalue weighted by atomic mass is 10.2. The Labute approximate surface area is 219 Å². The van der Waals surface area contributed by atoms with Crippen molar-refractivity contribution in [1.82, 2.24) is 9.97 Å². The van der Waals surface area contributed by atoms with E-state index in [2.05, 4.69) is 20.0 Å². The maximum Gasteiger partial charge on any atom is 0.262 e. The number of aryl methyl sites for hydroxylation is 1. The van der Waals surface area contributed by atoms with Gasteiger partial charge < -0.3 is 19.8 Å². The lowest BCUT2D eigenvalue weighted by Gasteiger charge is -2.11. The number of nitrogens with zero attached hydrogens (tertiary/aromatic N) is 1. The van der Waals surface area contributed by atoms with Crippen molar-refractivity contribution in [2.45, 2.75) is 18.7 Å². The number of carbonyl (C=O) groups excluding carboxylic acids is 1. The van der Waals surface area contributed by atoms with Crippen molar-refractivity contribution in [2.75, 3.05) is 23.3 Å². The second kappa shape index (κ2) is 11.6. The average Bonchev–Trinajstić information content (AvgIpc) is 2.88. The van der Waals surface area contributed by atoms with Crippen LogP contribution in [0.25, 0.3) is 11.4 Å². The van der Waals surface area contributed by atoms with Crippen molar-refractivity contribution in [1.29, 1.82) is 0 Å². The predicted molar refractivity (Wildman–Crippen MR) is 144 cm³/mol. The highest BCUT2D eigenvalue weighted by molar-refractivity contribution is 7.92. The van der Waals surface area contributed by atoms with E-state index in [0.717, 1.165) is 0 Å². The molecule has 3 N–H and O–H groups in total. The van der Waals surface area contributed by atoms with Gasteiger partial charge in [0.2, 0.25) is 0 Å². The number of H-pyrrole nitrogens is 1. The van der Waals surface area contributed by atoms with E-state index in [1.54, 1.807) is 55.5 Å². The molecule has 0 saturated carbocycles. The summed E-state index contributed by atoms with van der Waals surface area (Å²) in [6, 6.07) is 20.6. The third-order valence-corrected chi connectivity index (χ3v) is 6.61. The van der Waals surface area contributed by atoms with Crippen molar-refractivity contribution in [3.05, 3.63) is 94.9 Å². The zero-order chi connectivity index (χ0) is 27.1. The summed E-state index contributed by atoms with van der Waals surface area (Å²) < 4.78 is 38.8. The molecule has 0 fully saturated rings. The fourth-order valence-corrected chi connectivity index (χ4v) is 4.58. The molecule has 1 heterocycles. The number of nitrogens with one attached hydrogen (secondary N) is 3. The Morgan fingerprint density at radius 2 is 1.61 bits per heavy atom. The zero-order valence-electron chi connectivity index (χ0n) is 20.7. The Morgan fingerprint density at radius 3 is 2.29 bits per heavy atom. The summed E-state index contributed by atoms with van der Waals surface area (Å²) in [5.41, 5.74) is 1.86. The number of sulfonamides is 1. The third-order valence-electron chi connectivity index (χ3n) is 5.21. The van der Waals surface area contributed by atoms with Crippen LogP contribution in [0.4, 0.5) is 11.4 Å². The smallest absolute Gasteiger partial charge is 0.262 e. The van der Waals surface area contributed by atoms with E-state index in [1.165, 1.54) is 30.3 Å². The second-order valence-electron chi connectivity index (χ2n) is 8.19. The van der Waals surface area contributed by atoms with E-state index in [-0.39, 0.29) is 17.1 Å². The molecule has 4 rings (SSSR count). The van der Waals surface area contributed by atoms with Crippen LogP contribution >= 0.6 is 0 Å². The molecule has 0 unspecified atom stereocenters. The molecule has 1 amide bonds. The van der Waals surface area contributed by atoms with Gasteiger partial charge in [-0.1, -0.05) is 12.1 Å². The Kier molecular flexibility index (Phi) is 8.07. The minimum absolute atomic E-state index is 0.0443. The number of aromatic amines is 1. The predicted octanol–water partition coefficient (Wildman–Crippen LogP) is 3.96. The van der Waals surface area contributed by atoms with Crippen molar-refractivity contribution in [2.24, 2.45) is 0 Å². The Balaban J connectivity index is 1.33. The minimum Gasteiger partial charge on any atom is -0.494 e. The number of aromatic nitrogens is 2. The minimum atomic E-state index is -3.81. The third kappa shape index (κ3) is 6.98. The highest BCUT2D eigenvalue weighted by Crippen LogP contribution is 2.22. The van der Waals surface area contributed by atoms with Gasteiger partial charge in [-0.2, -0.15) is 0 Å². The van der Waals surface area contributed by atoms with Crippen LogP contribution in [0.2, 0.25) is 0 Å². The number of anilines is 2. The van der Waals surface area contributed by atoms with E-state index < -0.39 is 15.9 Å². The number of amides is 1. The first kappa shape index (κ1) is 26.4. The molecule has 11 heteroatoms. The van der Waals surface area contributed by atoms with Crippen LogP contribution in [-0.4, -0.2) is 37.5 Å². The molecule has 4 aromatic rings. The molecule has 0 spiro atoms. The lowest BCUT2D eigenvalue weighted by molar-refractivity contribution is -0.118. The standard InChI is InChI=1S/C27H26N4O6S/c1-3-36-22-9-7-20(8-10-22)31-38(34,35)24-13-11-23(12-14-24)37-17-26(33)29-21-6-4-5-19(16-21)27-28-18(2)15-25(32)30-27/h4-16,31H,3,17H2,1-2H3,(H,29,33)(H,28,30,32). The molecule has 196 valence electrons. The van der Waals surface area contributed by atoms with Crippen molar-refractivity contribution >= 4 is 27.3 Å². The van der Waals surface area contributed by atoms with Crippen LogP contribution in [0.5, 0.6) is 11.5 Å². The summed E-state index contributed by atoms with van der Waals surface area (Å²) in [5, 5.41) is 2.73. The normalized spacial score (nSPS) is 11.0. The van der Waals surface area contributed by atoms with Gasteiger partial charge in [0.25, 0.3) is 21.5 Å². The quantitative estimate of drug-likeness (QED) is 0.280. The summed E-state index contributed by atoms with van der Waals surface area (Å²) in [5.74, 6) is 0.958. The molecule has 1 aromatic heterocycles. The molecule has 0 radical (unpaired) electrons. The summed E-state index contributed by atoms with van der Waals surface area (Å²) in [6.07, 6.45) is 0. The molecule has 38 heavy (non-hydrogen) atoms. The molecular formula is C27H26N4O6S. The number of hydrogen-bond donors (Lipinski definition) is 3. The molecule has 3 aromatic carbocycles. The largest absolute Gasteiger partial charge is 0.494 e. The van der Waals surface area contributed by atoms with Gasteiger partial charge in [-0.15, -0.1) is 0 Å². The van der Waals surface area contributed by atoms with Crippen LogP contribution in [0.15, 0.2) is 88.6 Å². The fraction of sp³-hybridized carbons (Fsp3) is 0.148. The summed E-state index contributed by atoms with van der Waals surface area (Å²) in [7, 11) is -3.81. The lowest BCUT2D eigenvalue weighted by Crippen LogP contribution is -2.20. The van der Waals surface area contributed by atoms with Crippen molar-refractivity contribution in [3.8, 4) is 22.9 Å². The van der Waals surface area contributed by atoms with Crippen LogP contribution in [0.1, 0.15) is 12.6 Å².